The highest BCUT2D eigenvalue weighted by molar-refractivity contribution is 7.80. The Morgan fingerprint density at radius 1 is 1.10 bits per heavy atom. The molecule has 0 radical (unpaired) electrons. The highest BCUT2D eigenvalue weighted by atomic mass is 32.1. The van der Waals surface area contributed by atoms with Gasteiger partial charge in [0.1, 0.15) is 0 Å². The quantitative estimate of drug-likeness (QED) is 0.513. The second kappa shape index (κ2) is 6.88. The molecule has 1 unspecified atom stereocenters. The number of nitrogens with one attached hydrogen (secondary N) is 2. The summed E-state index contributed by atoms with van der Waals surface area (Å²) in [7, 11) is 0. The Morgan fingerprint density at radius 3 is 2.35 bits per heavy atom. The maximum Gasteiger partial charge on any atom is 0.171 e. The predicted molar refractivity (Wildman–Crippen MR) is 86.5 cm³/mol. The Balaban J connectivity index is 1.97. The zero-order valence-corrected chi connectivity index (χ0v) is 11.7. The zero-order valence-electron chi connectivity index (χ0n) is 10.9. The topological polar surface area (TPSA) is 70.3 Å². The van der Waals surface area contributed by atoms with E-state index < -0.39 is 0 Å². The van der Waals surface area contributed by atoms with Crippen LogP contribution in [0.4, 0.5) is 11.4 Å². The lowest BCUT2D eigenvalue weighted by molar-refractivity contribution is 0.258. The van der Waals surface area contributed by atoms with E-state index in [1.807, 2.05) is 42.5 Å². The van der Waals surface area contributed by atoms with Gasteiger partial charge in [0.15, 0.2) is 5.11 Å². The van der Waals surface area contributed by atoms with E-state index in [9.17, 15) is 5.11 Å². The second-order valence-electron chi connectivity index (χ2n) is 4.37. The van der Waals surface area contributed by atoms with Crippen LogP contribution >= 0.6 is 12.2 Å². The summed E-state index contributed by atoms with van der Waals surface area (Å²) in [5.41, 5.74) is 8.16. The number of aliphatic hydroxyl groups is 1. The van der Waals surface area contributed by atoms with E-state index in [1.165, 1.54) is 0 Å². The Labute approximate surface area is 123 Å². The first-order valence-electron chi connectivity index (χ1n) is 6.28. The third kappa shape index (κ3) is 3.94. The van der Waals surface area contributed by atoms with Crippen LogP contribution in [0.25, 0.3) is 0 Å². The number of nitrogen functional groups attached to an aromatic ring is 1. The summed E-state index contributed by atoms with van der Waals surface area (Å²) in [5.74, 6) is 0. The van der Waals surface area contributed by atoms with Crippen molar-refractivity contribution in [3.8, 4) is 0 Å². The Hall–Kier alpha value is -2.11. The first-order chi connectivity index (χ1) is 9.69. The normalized spacial score (nSPS) is 11.7. The summed E-state index contributed by atoms with van der Waals surface area (Å²) < 4.78 is 0. The van der Waals surface area contributed by atoms with Crippen LogP contribution in [0.1, 0.15) is 11.6 Å². The molecule has 4 nitrogen and oxygen atoms in total. The van der Waals surface area contributed by atoms with Gasteiger partial charge in [-0.2, -0.15) is 0 Å². The average Bonchev–Trinajstić information content (AvgIpc) is 2.48. The van der Waals surface area contributed by atoms with Crippen LogP contribution < -0.4 is 16.4 Å². The molecule has 2 rings (SSSR count). The van der Waals surface area contributed by atoms with Crippen molar-refractivity contribution < 1.29 is 5.11 Å². The van der Waals surface area contributed by atoms with Crippen LogP contribution in [-0.2, 0) is 0 Å². The molecule has 0 bridgehead atoms. The van der Waals surface area contributed by atoms with Crippen LogP contribution in [0.3, 0.4) is 0 Å². The summed E-state index contributed by atoms with van der Waals surface area (Å²) in [6.07, 6.45) is 0. The molecule has 5 N–H and O–H groups in total. The molecule has 104 valence electrons. The van der Waals surface area contributed by atoms with Crippen molar-refractivity contribution in [2.24, 2.45) is 0 Å². The molecule has 1 atom stereocenters. The van der Waals surface area contributed by atoms with Crippen LogP contribution in [0.15, 0.2) is 54.6 Å². The van der Waals surface area contributed by atoms with Crippen molar-refractivity contribution >= 4 is 28.7 Å². The molecule has 0 saturated heterocycles. The predicted octanol–water partition coefficient (Wildman–Crippen LogP) is 2.29. The number of nitrogens with two attached hydrogens (primary N) is 1. The lowest BCUT2D eigenvalue weighted by Crippen LogP contribution is -2.34. The van der Waals surface area contributed by atoms with Gasteiger partial charge in [-0.1, -0.05) is 30.3 Å². The SMILES string of the molecule is Nc1ccc(NC(=S)NC(CO)c2ccccc2)cc1. The van der Waals surface area contributed by atoms with Crippen molar-refractivity contribution in [1.82, 2.24) is 5.32 Å². The van der Waals surface area contributed by atoms with Gasteiger partial charge in [0.2, 0.25) is 0 Å². The van der Waals surface area contributed by atoms with E-state index in [0.29, 0.717) is 10.8 Å². The van der Waals surface area contributed by atoms with Gasteiger partial charge in [0, 0.05) is 11.4 Å². The van der Waals surface area contributed by atoms with Gasteiger partial charge in [-0.3, -0.25) is 0 Å². The smallest absolute Gasteiger partial charge is 0.171 e. The number of rotatable bonds is 4. The lowest BCUT2D eigenvalue weighted by atomic mass is 10.1. The van der Waals surface area contributed by atoms with Gasteiger partial charge in [-0.05, 0) is 42.0 Å². The van der Waals surface area contributed by atoms with E-state index in [-0.39, 0.29) is 12.6 Å². The van der Waals surface area contributed by atoms with Crippen molar-refractivity contribution in [3.05, 3.63) is 60.2 Å². The van der Waals surface area contributed by atoms with Crippen molar-refractivity contribution in [2.45, 2.75) is 6.04 Å². The summed E-state index contributed by atoms with van der Waals surface area (Å²) >= 11 is 5.25. The van der Waals surface area contributed by atoms with Crippen LogP contribution in [-0.4, -0.2) is 16.8 Å². The van der Waals surface area contributed by atoms with Crippen LogP contribution in [0.5, 0.6) is 0 Å². The van der Waals surface area contributed by atoms with Crippen molar-refractivity contribution in [2.75, 3.05) is 17.7 Å². The fourth-order valence-electron chi connectivity index (χ4n) is 1.81. The minimum absolute atomic E-state index is 0.0342. The third-order valence-electron chi connectivity index (χ3n) is 2.86. The fraction of sp³-hybridized carbons (Fsp3) is 0.133. The maximum atomic E-state index is 9.46. The van der Waals surface area contributed by atoms with E-state index in [2.05, 4.69) is 10.6 Å². The van der Waals surface area contributed by atoms with Gasteiger partial charge >= 0.3 is 0 Å². The third-order valence-corrected chi connectivity index (χ3v) is 3.08. The van der Waals surface area contributed by atoms with E-state index >= 15 is 0 Å². The number of anilines is 2. The van der Waals surface area contributed by atoms with Crippen molar-refractivity contribution in [3.63, 3.8) is 0 Å². The van der Waals surface area contributed by atoms with Gasteiger partial charge in [0.05, 0.1) is 12.6 Å². The standard InChI is InChI=1S/C15H17N3OS/c16-12-6-8-13(9-7-12)17-15(20)18-14(10-19)11-4-2-1-3-5-11/h1-9,14,19H,10,16H2,(H2,17,18,20). The number of thiocarbonyl (C=S) groups is 1. The van der Waals surface area contributed by atoms with Crippen molar-refractivity contribution in [1.29, 1.82) is 0 Å². The summed E-state index contributed by atoms with van der Waals surface area (Å²) in [6.45, 7) is -0.0342. The first kappa shape index (κ1) is 14.3. The zero-order chi connectivity index (χ0) is 14.4. The Morgan fingerprint density at radius 2 is 1.75 bits per heavy atom. The number of aliphatic hydroxyl groups excluding tert-OH is 1. The molecule has 5 heteroatoms. The summed E-state index contributed by atoms with van der Waals surface area (Å²) in [5, 5.41) is 16.1. The van der Waals surface area contributed by atoms with Crippen LogP contribution in [0, 0.1) is 0 Å². The molecule has 0 amide bonds. The number of hydrogen-bond donors (Lipinski definition) is 4. The van der Waals surface area contributed by atoms with Crippen LogP contribution in [0.2, 0.25) is 0 Å². The maximum absolute atomic E-state index is 9.46. The van der Waals surface area contributed by atoms with E-state index in [1.54, 1.807) is 12.1 Å². The molecule has 2 aromatic carbocycles. The van der Waals surface area contributed by atoms with Gasteiger partial charge in [-0.15, -0.1) is 0 Å². The first-order valence-corrected chi connectivity index (χ1v) is 6.68. The van der Waals surface area contributed by atoms with Gasteiger partial charge in [0.25, 0.3) is 0 Å². The molecule has 0 fully saturated rings. The lowest BCUT2D eigenvalue weighted by Gasteiger charge is -2.19. The van der Waals surface area contributed by atoms with Gasteiger partial charge < -0.3 is 21.5 Å². The van der Waals surface area contributed by atoms with E-state index in [4.69, 9.17) is 18.0 Å². The molecule has 0 aromatic heterocycles. The highest BCUT2D eigenvalue weighted by Crippen LogP contribution is 2.13. The average molecular weight is 287 g/mol. The number of benzene rings is 2. The Bertz CT molecular complexity index is 557. The minimum atomic E-state index is -0.231. The molecule has 0 spiro atoms. The molecule has 0 aliphatic heterocycles. The summed E-state index contributed by atoms with van der Waals surface area (Å²) in [4.78, 5) is 0. The summed E-state index contributed by atoms with van der Waals surface area (Å²) in [6, 6.07) is 16.7. The molecule has 0 aliphatic carbocycles. The Kier molecular flexibility index (Phi) is 4.92. The highest BCUT2D eigenvalue weighted by Gasteiger charge is 2.10. The molecule has 2 aromatic rings. The number of hydrogen-bond acceptors (Lipinski definition) is 3. The fourth-order valence-corrected chi connectivity index (χ4v) is 2.07. The molecular formula is C15H17N3OS. The molecule has 20 heavy (non-hydrogen) atoms. The van der Waals surface area contributed by atoms with Gasteiger partial charge in [-0.25, -0.2) is 0 Å². The minimum Gasteiger partial charge on any atom is -0.399 e. The monoisotopic (exact) mass is 287 g/mol. The molecule has 0 aliphatic rings. The largest absolute Gasteiger partial charge is 0.399 e. The molecule has 0 heterocycles. The second-order valence-corrected chi connectivity index (χ2v) is 4.77. The van der Waals surface area contributed by atoms with E-state index in [0.717, 1.165) is 11.3 Å². The molecular weight excluding hydrogens is 270 g/mol. The molecule has 0 saturated carbocycles.